The first-order chi connectivity index (χ1) is 10.1. The summed E-state index contributed by atoms with van der Waals surface area (Å²) in [5, 5.41) is 0. The highest BCUT2D eigenvalue weighted by Crippen LogP contribution is 2.22. The van der Waals surface area contributed by atoms with Crippen LogP contribution >= 0.6 is 12.2 Å². The quantitative estimate of drug-likeness (QED) is 0.866. The van der Waals surface area contributed by atoms with Gasteiger partial charge in [0.2, 0.25) is 5.91 Å². The number of hydrogen-bond acceptors (Lipinski definition) is 3. The molecule has 1 amide bonds. The second kappa shape index (κ2) is 5.57. The molecule has 21 heavy (non-hydrogen) atoms. The van der Waals surface area contributed by atoms with Crippen LogP contribution in [0, 0.1) is 10.6 Å². The second-order valence-corrected chi connectivity index (χ2v) is 5.43. The Morgan fingerprint density at radius 1 is 1.43 bits per heavy atom. The van der Waals surface area contributed by atoms with Gasteiger partial charge in [0.05, 0.1) is 18.7 Å². The van der Waals surface area contributed by atoms with Gasteiger partial charge in [-0.15, -0.1) is 0 Å². The van der Waals surface area contributed by atoms with Gasteiger partial charge in [0.25, 0.3) is 0 Å². The minimum atomic E-state index is -0.480. The number of para-hydroxylation sites is 1. The third-order valence-electron chi connectivity index (χ3n) is 3.77. The predicted octanol–water partition coefficient (Wildman–Crippen LogP) is 2.26. The number of carbonyl (C=O) groups is 1. The first-order valence-electron chi connectivity index (χ1n) is 6.85. The van der Waals surface area contributed by atoms with E-state index in [1.807, 2.05) is 0 Å². The first-order valence-corrected chi connectivity index (χ1v) is 7.25. The zero-order valence-electron chi connectivity index (χ0n) is 11.6. The van der Waals surface area contributed by atoms with Crippen molar-refractivity contribution in [2.24, 2.45) is 0 Å². The molecular formula is C14H16FN3O2S. The van der Waals surface area contributed by atoms with E-state index in [9.17, 15) is 9.18 Å². The van der Waals surface area contributed by atoms with Crippen molar-refractivity contribution in [3.8, 4) is 0 Å². The van der Waals surface area contributed by atoms with E-state index < -0.39 is 6.04 Å². The lowest BCUT2D eigenvalue weighted by Crippen LogP contribution is -2.43. The lowest BCUT2D eigenvalue weighted by molar-refractivity contribution is -0.138. The van der Waals surface area contributed by atoms with Gasteiger partial charge in [0.15, 0.2) is 4.77 Å². The lowest BCUT2D eigenvalue weighted by atomic mass is 10.2. The Bertz CT molecular complexity index is 733. The number of aromatic amines is 1. The van der Waals surface area contributed by atoms with E-state index in [0.717, 1.165) is 0 Å². The van der Waals surface area contributed by atoms with Gasteiger partial charge in [-0.3, -0.25) is 4.79 Å². The molecule has 1 aromatic heterocycles. The van der Waals surface area contributed by atoms with Gasteiger partial charge in [0, 0.05) is 13.1 Å². The number of aromatic nitrogens is 2. The fraction of sp³-hybridized carbons (Fsp3) is 0.429. The normalized spacial score (nSPS) is 17.1. The SMILES string of the molecule is CC(C(=O)N1CCOCC1)n1c(=S)[nH]c2c(F)cccc21. The second-order valence-electron chi connectivity index (χ2n) is 5.05. The first kappa shape index (κ1) is 14.2. The summed E-state index contributed by atoms with van der Waals surface area (Å²) in [5.41, 5.74) is 0.943. The van der Waals surface area contributed by atoms with Crippen LogP contribution < -0.4 is 0 Å². The Morgan fingerprint density at radius 3 is 2.86 bits per heavy atom. The Labute approximate surface area is 126 Å². The Hall–Kier alpha value is -1.73. The molecule has 0 radical (unpaired) electrons. The van der Waals surface area contributed by atoms with E-state index >= 15 is 0 Å². The molecular weight excluding hydrogens is 293 g/mol. The van der Waals surface area contributed by atoms with Crippen molar-refractivity contribution in [3.05, 3.63) is 28.8 Å². The van der Waals surface area contributed by atoms with Crippen LogP contribution in [-0.2, 0) is 9.53 Å². The van der Waals surface area contributed by atoms with Crippen molar-refractivity contribution in [3.63, 3.8) is 0 Å². The zero-order chi connectivity index (χ0) is 15.0. The van der Waals surface area contributed by atoms with Crippen LogP contribution in [0.3, 0.4) is 0 Å². The van der Waals surface area contributed by atoms with Crippen molar-refractivity contribution in [1.82, 2.24) is 14.5 Å². The van der Waals surface area contributed by atoms with E-state index in [4.69, 9.17) is 17.0 Å². The van der Waals surface area contributed by atoms with Crippen LogP contribution in [0.2, 0.25) is 0 Å². The molecule has 0 bridgehead atoms. The highest BCUT2D eigenvalue weighted by molar-refractivity contribution is 7.71. The van der Waals surface area contributed by atoms with Crippen molar-refractivity contribution in [2.75, 3.05) is 26.3 Å². The van der Waals surface area contributed by atoms with E-state index in [-0.39, 0.29) is 11.7 Å². The maximum atomic E-state index is 13.8. The third-order valence-corrected chi connectivity index (χ3v) is 4.07. The summed E-state index contributed by atoms with van der Waals surface area (Å²) in [6.45, 7) is 4.03. The van der Waals surface area contributed by atoms with Gasteiger partial charge in [-0.1, -0.05) is 6.07 Å². The fourth-order valence-corrected chi connectivity index (χ4v) is 3.02. The van der Waals surface area contributed by atoms with E-state index in [2.05, 4.69) is 4.98 Å². The van der Waals surface area contributed by atoms with Crippen LogP contribution in [0.25, 0.3) is 11.0 Å². The number of hydrogen-bond donors (Lipinski definition) is 1. The van der Waals surface area contributed by atoms with Crippen molar-refractivity contribution in [2.45, 2.75) is 13.0 Å². The number of nitrogens with one attached hydrogen (secondary N) is 1. The highest BCUT2D eigenvalue weighted by atomic mass is 32.1. The highest BCUT2D eigenvalue weighted by Gasteiger charge is 2.25. The summed E-state index contributed by atoms with van der Waals surface area (Å²) >= 11 is 5.25. The molecule has 0 saturated carbocycles. The maximum Gasteiger partial charge on any atom is 0.245 e. The molecule has 2 aromatic rings. The number of benzene rings is 1. The molecule has 1 atom stereocenters. The van der Waals surface area contributed by atoms with Crippen LogP contribution in [0.1, 0.15) is 13.0 Å². The minimum absolute atomic E-state index is 0.0282. The third kappa shape index (κ3) is 2.47. The molecule has 0 aliphatic carbocycles. The number of morpholine rings is 1. The monoisotopic (exact) mass is 309 g/mol. The largest absolute Gasteiger partial charge is 0.378 e. The molecule has 1 aliphatic heterocycles. The van der Waals surface area contributed by atoms with Crippen molar-refractivity contribution in [1.29, 1.82) is 0 Å². The molecule has 3 rings (SSSR count). The summed E-state index contributed by atoms with van der Waals surface area (Å²) in [6.07, 6.45) is 0. The molecule has 1 N–H and O–H groups in total. The number of amides is 1. The molecule has 1 aliphatic rings. The smallest absolute Gasteiger partial charge is 0.245 e. The molecule has 2 heterocycles. The number of carbonyl (C=O) groups excluding carboxylic acids is 1. The standard InChI is InChI=1S/C14H16FN3O2S/c1-9(13(19)17-5-7-20-8-6-17)18-11-4-2-3-10(15)12(11)16-14(18)21/h2-4,9H,5-8H2,1H3,(H,16,21). The Balaban J connectivity index is 1.99. The topological polar surface area (TPSA) is 50.3 Å². The number of halogens is 1. The summed E-state index contributed by atoms with van der Waals surface area (Å²) in [6, 6.07) is 4.26. The molecule has 1 unspecified atom stereocenters. The predicted molar refractivity (Wildman–Crippen MR) is 79.2 cm³/mol. The van der Waals surface area contributed by atoms with E-state index in [1.54, 1.807) is 28.5 Å². The number of rotatable bonds is 2. The van der Waals surface area contributed by atoms with Gasteiger partial charge in [0.1, 0.15) is 17.4 Å². The summed E-state index contributed by atoms with van der Waals surface area (Å²) in [5.74, 6) is -0.400. The van der Waals surface area contributed by atoms with Gasteiger partial charge >= 0.3 is 0 Å². The lowest BCUT2D eigenvalue weighted by Gasteiger charge is -2.29. The summed E-state index contributed by atoms with van der Waals surface area (Å²) in [4.78, 5) is 17.2. The van der Waals surface area contributed by atoms with Crippen LogP contribution in [-0.4, -0.2) is 46.7 Å². The van der Waals surface area contributed by atoms with E-state index in [1.165, 1.54) is 6.07 Å². The Morgan fingerprint density at radius 2 is 2.14 bits per heavy atom. The minimum Gasteiger partial charge on any atom is -0.378 e. The van der Waals surface area contributed by atoms with E-state index in [0.29, 0.717) is 42.1 Å². The Kier molecular flexibility index (Phi) is 3.77. The summed E-state index contributed by atoms with van der Waals surface area (Å²) in [7, 11) is 0. The number of H-pyrrole nitrogens is 1. The molecule has 0 spiro atoms. The molecule has 1 fully saturated rings. The number of fused-ring (bicyclic) bond motifs is 1. The molecule has 112 valence electrons. The van der Waals surface area contributed by atoms with Gasteiger partial charge in [-0.2, -0.15) is 0 Å². The van der Waals surface area contributed by atoms with Crippen molar-refractivity contribution < 1.29 is 13.9 Å². The zero-order valence-corrected chi connectivity index (χ0v) is 12.5. The fourth-order valence-electron chi connectivity index (χ4n) is 2.66. The molecule has 1 aromatic carbocycles. The summed E-state index contributed by atoms with van der Waals surface area (Å²) < 4.78 is 21.1. The number of nitrogens with zero attached hydrogens (tertiary/aromatic N) is 2. The van der Waals surface area contributed by atoms with Gasteiger partial charge < -0.3 is 19.2 Å². The van der Waals surface area contributed by atoms with Crippen molar-refractivity contribution >= 4 is 29.2 Å². The molecule has 1 saturated heterocycles. The molecule has 5 nitrogen and oxygen atoms in total. The van der Waals surface area contributed by atoms with Gasteiger partial charge in [-0.05, 0) is 31.3 Å². The maximum absolute atomic E-state index is 13.8. The van der Waals surface area contributed by atoms with Gasteiger partial charge in [-0.25, -0.2) is 4.39 Å². The van der Waals surface area contributed by atoms with Crippen LogP contribution in [0.15, 0.2) is 18.2 Å². The van der Waals surface area contributed by atoms with Crippen LogP contribution in [0.4, 0.5) is 4.39 Å². The van der Waals surface area contributed by atoms with Crippen LogP contribution in [0.5, 0.6) is 0 Å². The number of imidazole rings is 1. The number of ether oxygens (including phenoxy) is 1. The average Bonchev–Trinajstić information content (AvgIpc) is 2.84. The molecule has 7 heteroatoms. The average molecular weight is 309 g/mol.